The summed E-state index contributed by atoms with van der Waals surface area (Å²) in [7, 11) is 0. The molecular weight excluding hydrogens is 304 g/mol. The molecule has 0 aliphatic rings. The van der Waals surface area contributed by atoms with Crippen molar-refractivity contribution in [3.05, 3.63) is 11.1 Å². The number of hydrogen-bond acceptors (Lipinski definition) is 7. The summed E-state index contributed by atoms with van der Waals surface area (Å²) in [4.78, 5) is 37.1. The number of aromatic nitrogens is 1. The minimum Gasteiger partial charge on any atom is -0.481 e. The number of anilines is 1. The number of amides is 1. The van der Waals surface area contributed by atoms with Crippen molar-refractivity contribution >= 4 is 46.1 Å². The van der Waals surface area contributed by atoms with Gasteiger partial charge in [-0.1, -0.05) is 0 Å². The van der Waals surface area contributed by atoms with Crippen LogP contribution in [-0.2, 0) is 25.5 Å². The Balaban J connectivity index is 2.37. The molecule has 0 aliphatic heterocycles. The van der Waals surface area contributed by atoms with Crippen LogP contribution in [-0.4, -0.2) is 46.0 Å². The van der Waals surface area contributed by atoms with Gasteiger partial charge in [-0.2, -0.15) is 0 Å². The maximum absolute atomic E-state index is 11.5. The highest BCUT2D eigenvalue weighted by Crippen LogP contribution is 2.16. The van der Waals surface area contributed by atoms with Crippen LogP contribution in [0.2, 0.25) is 0 Å². The topological polar surface area (TPSA) is 106 Å². The fourth-order valence-electron chi connectivity index (χ4n) is 1.19. The molecule has 7 nitrogen and oxygen atoms in total. The fraction of sp³-hybridized carbons (Fsp3) is 0.455. The van der Waals surface area contributed by atoms with Crippen LogP contribution in [0.15, 0.2) is 5.38 Å². The number of carbonyl (C=O) groups excluding carboxylic acids is 2. The quantitative estimate of drug-likeness (QED) is 0.689. The third-order valence-electron chi connectivity index (χ3n) is 1.89. The van der Waals surface area contributed by atoms with Crippen LogP contribution in [0.1, 0.15) is 12.6 Å². The van der Waals surface area contributed by atoms with Crippen molar-refractivity contribution in [1.29, 1.82) is 0 Å². The highest BCUT2D eigenvalue weighted by molar-refractivity contribution is 8.00. The van der Waals surface area contributed by atoms with Gasteiger partial charge in [0.25, 0.3) is 0 Å². The van der Waals surface area contributed by atoms with E-state index in [9.17, 15) is 14.4 Å². The molecule has 0 saturated heterocycles. The maximum atomic E-state index is 11.5. The average molecular weight is 318 g/mol. The van der Waals surface area contributed by atoms with Gasteiger partial charge in [-0.3, -0.25) is 14.4 Å². The van der Waals surface area contributed by atoms with Gasteiger partial charge in [0.15, 0.2) is 5.13 Å². The van der Waals surface area contributed by atoms with E-state index in [1.165, 1.54) is 11.3 Å². The highest BCUT2D eigenvalue weighted by Gasteiger charge is 2.10. The number of thiazole rings is 1. The summed E-state index contributed by atoms with van der Waals surface area (Å²) in [5.41, 5.74) is 0.530. The van der Waals surface area contributed by atoms with Gasteiger partial charge in [-0.15, -0.1) is 23.1 Å². The monoisotopic (exact) mass is 318 g/mol. The van der Waals surface area contributed by atoms with Crippen LogP contribution in [0.5, 0.6) is 0 Å². The Morgan fingerprint density at radius 3 is 2.85 bits per heavy atom. The van der Waals surface area contributed by atoms with Crippen LogP contribution in [0.4, 0.5) is 5.13 Å². The summed E-state index contributed by atoms with van der Waals surface area (Å²) in [5, 5.41) is 13.0. The van der Waals surface area contributed by atoms with Gasteiger partial charge < -0.3 is 15.2 Å². The number of nitrogens with one attached hydrogen (secondary N) is 1. The first kappa shape index (κ1) is 16.4. The molecule has 1 aromatic heterocycles. The number of carboxylic acid groups (broad SMARTS) is 1. The van der Waals surface area contributed by atoms with Gasteiger partial charge in [0, 0.05) is 5.38 Å². The van der Waals surface area contributed by atoms with E-state index in [0.717, 1.165) is 11.8 Å². The molecule has 2 N–H and O–H groups in total. The second-order valence-corrected chi connectivity index (χ2v) is 5.40. The molecule has 1 rings (SSSR count). The van der Waals surface area contributed by atoms with E-state index >= 15 is 0 Å². The molecular formula is C11H14N2O5S2. The number of rotatable bonds is 8. The van der Waals surface area contributed by atoms with E-state index in [0.29, 0.717) is 17.4 Å². The Bertz CT molecular complexity index is 489. The number of aliphatic carboxylic acids is 1. The molecule has 9 heteroatoms. The number of hydrogen-bond donors (Lipinski definition) is 2. The predicted octanol–water partition coefficient (Wildman–Crippen LogP) is 1.01. The maximum Gasteiger partial charge on any atom is 0.313 e. The Labute approximate surface area is 123 Å². The van der Waals surface area contributed by atoms with Crippen molar-refractivity contribution < 1.29 is 24.2 Å². The highest BCUT2D eigenvalue weighted by atomic mass is 32.2. The van der Waals surface area contributed by atoms with Crippen LogP contribution in [0.25, 0.3) is 0 Å². The van der Waals surface area contributed by atoms with Crippen molar-refractivity contribution in [2.45, 2.75) is 13.3 Å². The summed E-state index contributed by atoms with van der Waals surface area (Å²) in [6.07, 6.45) is 0.0635. The van der Waals surface area contributed by atoms with E-state index in [-0.39, 0.29) is 29.8 Å². The van der Waals surface area contributed by atoms with Crippen LogP contribution < -0.4 is 5.32 Å². The molecule has 0 unspecified atom stereocenters. The largest absolute Gasteiger partial charge is 0.481 e. The van der Waals surface area contributed by atoms with Gasteiger partial charge in [0.05, 0.1) is 30.2 Å². The SMILES string of the molecule is CCOC(=O)Cc1csc(NC(=O)CSCC(=O)O)n1. The second kappa shape index (κ2) is 8.54. The predicted molar refractivity (Wildman–Crippen MR) is 76.0 cm³/mol. The van der Waals surface area contributed by atoms with Crippen molar-refractivity contribution in [2.75, 3.05) is 23.4 Å². The first-order chi connectivity index (χ1) is 9.51. The van der Waals surface area contributed by atoms with E-state index in [1.807, 2.05) is 0 Å². The van der Waals surface area contributed by atoms with Crippen molar-refractivity contribution in [3.63, 3.8) is 0 Å². The number of esters is 1. The number of nitrogens with zero attached hydrogens (tertiary/aromatic N) is 1. The smallest absolute Gasteiger partial charge is 0.313 e. The molecule has 0 saturated carbocycles. The molecule has 0 atom stereocenters. The van der Waals surface area contributed by atoms with Crippen molar-refractivity contribution in [2.24, 2.45) is 0 Å². The number of ether oxygens (including phenoxy) is 1. The first-order valence-corrected chi connectivity index (χ1v) is 7.74. The summed E-state index contributed by atoms with van der Waals surface area (Å²) in [6, 6.07) is 0. The summed E-state index contributed by atoms with van der Waals surface area (Å²) < 4.78 is 4.79. The zero-order valence-corrected chi connectivity index (χ0v) is 12.4. The Hall–Kier alpha value is -1.61. The Kier molecular flexibility index (Phi) is 7.02. The lowest BCUT2D eigenvalue weighted by Crippen LogP contribution is -2.15. The molecule has 0 bridgehead atoms. The summed E-state index contributed by atoms with van der Waals surface area (Å²) in [6.45, 7) is 2.03. The average Bonchev–Trinajstić information content (AvgIpc) is 2.76. The molecule has 0 aliphatic carbocycles. The van der Waals surface area contributed by atoms with Gasteiger partial charge in [-0.25, -0.2) is 4.98 Å². The zero-order valence-electron chi connectivity index (χ0n) is 10.7. The lowest BCUT2D eigenvalue weighted by Gasteiger charge is -2.00. The van der Waals surface area contributed by atoms with Crippen LogP contribution in [0.3, 0.4) is 0 Å². The minimum atomic E-state index is -0.964. The van der Waals surface area contributed by atoms with Gasteiger partial charge in [-0.05, 0) is 6.92 Å². The molecule has 20 heavy (non-hydrogen) atoms. The molecule has 0 spiro atoms. The van der Waals surface area contributed by atoms with E-state index < -0.39 is 5.97 Å². The molecule has 1 aromatic rings. The molecule has 0 fully saturated rings. The van der Waals surface area contributed by atoms with Gasteiger partial charge in [0.2, 0.25) is 5.91 Å². The van der Waals surface area contributed by atoms with Gasteiger partial charge >= 0.3 is 11.9 Å². The fourth-order valence-corrected chi connectivity index (χ4v) is 2.45. The molecule has 0 radical (unpaired) electrons. The zero-order chi connectivity index (χ0) is 15.0. The number of carbonyl (C=O) groups is 3. The molecule has 1 amide bonds. The molecule has 110 valence electrons. The van der Waals surface area contributed by atoms with E-state index in [2.05, 4.69) is 10.3 Å². The Morgan fingerprint density at radius 1 is 1.45 bits per heavy atom. The Morgan fingerprint density at radius 2 is 2.20 bits per heavy atom. The standard InChI is InChI=1S/C11H14N2O5S2/c1-2-18-10(17)3-7-4-20-11(12-7)13-8(14)5-19-6-9(15)16/h4H,2-3,5-6H2,1H3,(H,15,16)(H,12,13,14). The second-order valence-electron chi connectivity index (χ2n) is 3.56. The van der Waals surface area contributed by atoms with E-state index in [1.54, 1.807) is 12.3 Å². The van der Waals surface area contributed by atoms with Crippen LogP contribution in [0, 0.1) is 0 Å². The summed E-state index contributed by atoms with van der Waals surface area (Å²) in [5.74, 6) is -1.74. The number of carboxylic acids is 1. The van der Waals surface area contributed by atoms with Gasteiger partial charge in [0.1, 0.15) is 0 Å². The summed E-state index contributed by atoms with van der Waals surface area (Å²) >= 11 is 2.21. The van der Waals surface area contributed by atoms with Crippen molar-refractivity contribution in [1.82, 2.24) is 4.98 Å². The molecule has 1 heterocycles. The molecule has 0 aromatic carbocycles. The van der Waals surface area contributed by atoms with Crippen LogP contribution >= 0.6 is 23.1 Å². The third kappa shape index (κ3) is 6.53. The first-order valence-electron chi connectivity index (χ1n) is 5.70. The lowest BCUT2D eigenvalue weighted by atomic mass is 10.3. The lowest BCUT2D eigenvalue weighted by molar-refractivity contribution is -0.142. The van der Waals surface area contributed by atoms with Crippen molar-refractivity contribution in [3.8, 4) is 0 Å². The minimum absolute atomic E-state index is 0.0408. The number of thioether (sulfide) groups is 1. The van der Waals surface area contributed by atoms with E-state index in [4.69, 9.17) is 9.84 Å². The third-order valence-corrected chi connectivity index (χ3v) is 3.61. The normalized spacial score (nSPS) is 10.1.